The van der Waals surface area contributed by atoms with E-state index in [1.165, 1.54) is 51.4 Å². The Morgan fingerprint density at radius 3 is 2.27 bits per heavy atom. The molecule has 1 aromatic carbocycles. The first kappa shape index (κ1) is 21.2. The van der Waals surface area contributed by atoms with Gasteiger partial charge in [0.25, 0.3) is 0 Å². The summed E-state index contributed by atoms with van der Waals surface area (Å²) in [5.41, 5.74) is 2.16. The number of unbranched alkanes of at least 4 members (excludes halogenated alkanes) is 6. The van der Waals surface area contributed by atoms with Crippen LogP contribution < -0.4 is 0 Å². The van der Waals surface area contributed by atoms with Crippen LogP contribution in [0.2, 0.25) is 0 Å². The molecule has 1 saturated carbocycles. The molecule has 1 aromatic rings. The van der Waals surface area contributed by atoms with Crippen LogP contribution in [-0.2, 0) is 4.79 Å². The van der Waals surface area contributed by atoms with Crippen molar-refractivity contribution in [1.82, 2.24) is 0 Å². The zero-order chi connectivity index (χ0) is 18.8. The molecule has 0 saturated heterocycles. The van der Waals surface area contributed by atoms with Crippen LogP contribution in [0.1, 0.15) is 114 Å². The van der Waals surface area contributed by atoms with Gasteiger partial charge in [-0.05, 0) is 36.3 Å². The fourth-order valence-electron chi connectivity index (χ4n) is 4.37. The summed E-state index contributed by atoms with van der Waals surface area (Å²) in [5, 5.41) is 10.4. The molecular formula is C24H38O2. The van der Waals surface area contributed by atoms with Gasteiger partial charge in [0.15, 0.2) is 0 Å². The maximum atomic E-state index is 12.4. The largest absolute Gasteiger partial charge is 0.388 e. The van der Waals surface area contributed by atoms with Crippen molar-refractivity contribution in [3.05, 3.63) is 35.4 Å². The van der Waals surface area contributed by atoms with Crippen molar-refractivity contribution in [2.24, 2.45) is 5.92 Å². The number of benzene rings is 1. The van der Waals surface area contributed by atoms with Gasteiger partial charge in [0, 0.05) is 12.3 Å². The normalized spacial score (nSPS) is 21.3. The molecule has 1 aliphatic carbocycles. The SMILES string of the molecule is CCCCCCC(O)c1ccc(C2C(=O)CCC2CCCCCC)cc1. The van der Waals surface area contributed by atoms with E-state index in [1.54, 1.807) is 0 Å². The molecule has 0 aromatic heterocycles. The van der Waals surface area contributed by atoms with E-state index in [0.717, 1.165) is 36.8 Å². The lowest BCUT2D eigenvalue weighted by Gasteiger charge is -2.20. The molecule has 2 heteroatoms. The minimum absolute atomic E-state index is 0.0902. The molecule has 2 nitrogen and oxygen atoms in total. The summed E-state index contributed by atoms with van der Waals surface area (Å²) in [7, 11) is 0. The molecule has 146 valence electrons. The van der Waals surface area contributed by atoms with Crippen LogP contribution in [0.3, 0.4) is 0 Å². The molecule has 0 radical (unpaired) electrons. The van der Waals surface area contributed by atoms with E-state index < -0.39 is 0 Å². The van der Waals surface area contributed by atoms with Gasteiger partial charge in [-0.2, -0.15) is 0 Å². The number of hydrogen-bond acceptors (Lipinski definition) is 2. The number of Topliss-reactive ketones (excluding diaryl/α,β-unsaturated/α-hetero) is 1. The van der Waals surface area contributed by atoms with Crippen molar-refractivity contribution in [1.29, 1.82) is 0 Å². The third kappa shape index (κ3) is 6.23. The quantitative estimate of drug-likeness (QED) is 0.421. The highest BCUT2D eigenvalue weighted by atomic mass is 16.3. The third-order valence-electron chi connectivity index (χ3n) is 6.02. The maximum Gasteiger partial charge on any atom is 0.140 e. The molecule has 2 rings (SSSR count). The summed E-state index contributed by atoms with van der Waals surface area (Å²) in [6.45, 7) is 4.44. The fraction of sp³-hybridized carbons (Fsp3) is 0.708. The lowest BCUT2D eigenvalue weighted by molar-refractivity contribution is -0.119. The molecule has 26 heavy (non-hydrogen) atoms. The first-order chi connectivity index (χ1) is 12.7. The molecule has 0 heterocycles. The average molecular weight is 359 g/mol. The van der Waals surface area contributed by atoms with Crippen molar-refractivity contribution < 1.29 is 9.90 Å². The van der Waals surface area contributed by atoms with Crippen molar-refractivity contribution >= 4 is 5.78 Å². The number of hydrogen-bond donors (Lipinski definition) is 1. The molecule has 1 fully saturated rings. The van der Waals surface area contributed by atoms with Gasteiger partial charge in [0.2, 0.25) is 0 Å². The molecular weight excluding hydrogens is 320 g/mol. The predicted molar refractivity (Wildman–Crippen MR) is 109 cm³/mol. The monoisotopic (exact) mass is 358 g/mol. The molecule has 0 aliphatic heterocycles. The summed E-state index contributed by atoms with van der Waals surface area (Å²) in [6, 6.07) is 8.27. The molecule has 1 N–H and O–H groups in total. The zero-order valence-electron chi connectivity index (χ0n) is 16.9. The van der Waals surface area contributed by atoms with Crippen molar-refractivity contribution in [3.8, 4) is 0 Å². The second kappa shape index (κ2) is 11.5. The lowest BCUT2D eigenvalue weighted by atomic mass is 9.84. The smallest absolute Gasteiger partial charge is 0.140 e. The topological polar surface area (TPSA) is 37.3 Å². The first-order valence-corrected chi connectivity index (χ1v) is 11.0. The molecule has 1 aliphatic rings. The van der Waals surface area contributed by atoms with Crippen LogP contribution in [0, 0.1) is 5.92 Å². The number of ketones is 1. The van der Waals surface area contributed by atoms with E-state index >= 15 is 0 Å². The molecule has 0 bridgehead atoms. The Hall–Kier alpha value is -1.15. The Kier molecular flexibility index (Phi) is 9.39. The number of aliphatic hydroxyl groups is 1. The van der Waals surface area contributed by atoms with Crippen LogP contribution in [0.5, 0.6) is 0 Å². The van der Waals surface area contributed by atoms with Crippen LogP contribution >= 0.6 is 0 Å². The van der Waals surface area contributed by atoms with Gasteiger partial charge in [-0.15, -0.1) is 0 Å². The molecule has 3 unspecified atom stereocenters. The fourth-order valence-corrected chi connectivity index (χ4v) is 4.37. The Bertz CT molecular complexity index is 520. The van der Waals surface area contributed by atoms with Crippen molar-refractivity contribution in [3.63, 3.8) is 0 Å². The minimum Gasteiger partial charge on any atom is -0.388 e. The predicted octanol–water partition coefficient (Wildman–Crippen LogP) is 6.72. The second-order valence-electron chi connectivity index (χ2n) is 8.12. The number of carbonyl (C=O) groups is 1. The van der Waals surface area contributed by atoms with Gasteiger partial charge < -0.3 is 5.11 Å². The minimum atomic E-state index is -0.370. The van der Waals surface area contributed by atoms with E-state index in [-0.39, 0.29) is 12.0 Å². The zero-order valence-corrected chi connectivity index (χ0v) is 16.9. The summed E-state index contributed by atoms with van der Waals surface area (Å²) in [6.07, 6.45) is 13.3. The highest BCUT2D eigenvalue weighted by molar-refractivity contribution is 5.88. The van der Waals surface area contributed by atoms with Gasteiger partial charge >= 0.3 is 0 Å². The molecule has 0 amide bonds. The lowest BCUT2D eigenvalue weighted by Crippen LogP contribution is -2.13. The van der Waals surface area contributed by atoms with Gasteiger partial charge in [0.05, 0.1) is 6.10 Å². The van der Waals surface area contributed by atoms with E-state index in [0.29, 0.717) is 11.7 Å². The second-order valence-corrected chi connectivity index (χ2v) is 8.12. The standard InChI is InChI=1S/C24H38O2/c1-3-5-7-9-11-20-17-18-23(26)24(20)21-15-13-19(14-16-21)22(25)12-10-8-6-4-2/h13-16,20,22,24-25H,3-12,17-18H2,1-2H3. The van der Waals surface area contributed by atoms with Crippen LogP contribution in [0.4, 0.5) is 0 Å². The van der Waals surface area contributed by atoms with E-state index in [1.807, 2.05) is 12.1 Å². The number of aliphatic hydroxyl groups excluding tert-OH is 1. The summed E-state index contributed by atoms with van der Waals surface area (Å²) < 4.78 is 0. The van der Waals surface area contributed by atoms with Gasteiger partial charge in [-0.25, -0.2) is 0 Å². The van der Waals surface area contributed by atoms with Crippen LogP contribution in [0.15, 0.2) is 24.3 Å². The molecule has 0 spiro atoms. The summed E-state index contributed by atoms with van der Waals surface area (Å²) in [5.74, 6) is 1.02. The average Bonchev–Trinajstić information content (AvgIpc) is 3.03. The van der Waals surface area contributed by atoms with Gasteiger partial charge in [-0.1, -0.05) is 89.5 Å². The number of carbonyl (C=O) groups excluding carboxylic acids is 1. The Balaban J connectivity index is 1.91. The first-order valence-electron chi connectivity index (χ1n) is 11.0. The Labute approximate surface area is 160 Å². The third-order valence-corrected chi connectivity index (χ3v) is 6.02. The Morgan fingerprint density at radius 2 is 1.62 bits per heavy atom. The summed E-state index contributed by atoms with van der Waals surface area (Å²) in [4.78, 5) is 12.4. The van der Waals surface area contributed by atoms with E-state index in [9.17, 15) is 9.90 Å². The number of rotatable bonds is 12. The maximum absolute atomic E-state index is 12.4. The van der Waals surface area contributed by atoms with Crippen molar-refractivity contribution in [2.45, 2.75) is 103 Å². The highest BCUT2D eigenvalue weighted by Gasteiger charge is 2.35. The Morgan fingerprint density at radius 1 is 0.962 bits per heavy atom. The van der Waals surface area contributed by atoms with Gasteiger partial charge in [0.1, 0.15) is 5.78 Å². The highest BCUT2D eigenvalue weighted by Crippen LogP contribution is 2.40. The van der Waals surface area contributed by atoms with Crippen molar-refractivity contribution in [2.75, 3.05) is 0 Å². The van der Waals surface area contributed by atoms with Crippen LogP contribution in [-0.4, -0.2) is 10.9 Å². The molecule has 3 atom stereocenters. The summed E-state index contributed by atoms with van der Waals surface area (Å²) >= 11 is 0. The van der Waals surface area contributed by atoms with Crippen LogP contribution in [0.25, 0.3) is 0 Å². The van der Waals surface area contributed by atoms with Gasteiger partial charge in [-0.3, -0.25) is 4.79 Å². The van der Waals surface area contributed by atoms with E-state index in [4.69, 9.17) is 0 Å². The van der Waals surface area contributed by atoms with E-state index in [2.05, 4.69) is 26.0 Å².